The van der Waals surface area contributed by atoms with Crippen molar-refractivity contribution < 1.29 is 4.79 Å². The van der Waals surface area contributed by atoms with E-state index < -0.39 is 5.41 Å². The second-order valence-electron chi connectivity index (χ2n) is 7.19. The van der Waals surface area contributed by atoms with Crippen molar-refractivity contribution >= 4 is 11.9 Å². The van der Waals surface area contributed by atoms with Crippen LogP contribution in [0.15, 0.2) is 35.3 Å². The zero-order valence-electron chi connectivity index (χ0n) is 17.8. The molecule has 0 aliphatic heterocycles. The van der Waals surface area contributed by atoms with Crippen LogP contribution in [0, 0.1) is 5.41 Å². The molecule has 1 aromatic carbocycles. The van der Waals surface area contributed by atoms with Crippen LogP contribution in [0.2, 0.25) is 0 Å². The molecule has 1 atom stereocenters. The minimum atomic E-state index is -0.547. The standard InChI is InChI=1S/C21H37N5O/c1-7-23-20(25-16-21(4,5)19(27)22-6)24-15-18(26(8-2)9-3)17-13-11-10-12-14-17/h10-14,18H,7-9,15-16H2,1-6H3,(H,22,27)(H2,23,24,25). The first-order valence-electron chi connectivity index (χ1n) is 9.92. The summed E-state index contributed by atoms with van der Waals surface area (Å²) in [6.45, 7) is 14.1. The summed E-state index contributed by atoms with van der Waals surface area (Å²) in [5, 5.41) is 9.45. The van der Waals surface area contributed by atoms with E-state index in [1.807, 2.05) is 26.8 Å². The van der Waals surface area contributed by atoms with Crippen molar-refractivity contribution in [2.24, 2.45) is 10.4 Å². The third-order valence-corrected chi connectivity index (χ3v) is 4.72. The predicted molar refractivity (Wildman–Crippen MR) is 114 cm³/mol. The van der Waals surface area contributed by atoms with Crippen molar-refractivity contribution in [2.45, 2.75) is 40.7 Å². The normalized spacial score (nSPS) is 13.4. The maximum Gasteiger partial charge on any atom is 0.227 e. The SMILES string of the molecule is CCNC(=NCC(C)(C)C(=O)NC)NCC(c1ccccc1)N(CC)CC. The van der Waals surface area contributed by atoms with E-state index in [9.17, 15) is 4.79 Å². The van der Waals surface area contributed by atoms with Crippen LogP contribution in [-0.2, 0) is 4.79 Å². The lowest BCUT2D eigenvalue weighted by Crippen LogP contribution is -2.44. The van der Waals surface area contributed by atoms with Crippen LogP contribution >= 0.6 is 0 Å². The van der Waals surface area contributed by atoms with Gasteiger partial charge in [-0.05, 0) is 39.4 Å². The fourth-order valence-electron chi connectivity index (χ4n) is 3.02. The van der Waals surface area contributed by atoms with Crippen molar-refractivity contribution in [3.8, 4) is 0 Å². The van der Waals surface area contributed by atoms with E-state index in [2.05, 4.69) is 64.0 Å². The smallest absolute Gasteiger partial charge is 0.227 e. The number of aliphatic imine (C=N–C) groups is 1. The molecule has 0 aromatic heterocycles. The van der Waals surface area contributed by atoms with Crippen molar-refractivity contribution in [1.29, 1.82) is 0 Å². The van der Waals surface area contributed by atoms with Gasteiger partial charge in [0.1, 0.15) is 0 Å². The van der Waals surface area contributed by atoms with E-state index in [0.29, 0.717) is 6.54 Å². The maximum absolute atomic E-state index is 12.0. The highest BCUT2D eigenvalue weighted by molar-refractivity contribution is 5.83. The first-order valence-corrected chi connectivity index (χ1v) is 9.92. The second-order valence-corrected chi connectivity index (χ2v) is 7.19. The Labute approximate surface area is 164 Å². The van der Waals surface area contributed by atoms with Gasteiger partial charge in [-0.3, -0.25) is 14.7 Å². The van der Waals surface area contributed by atoms with Crippen LogP contribution in [0.5, 0.6) is 0 Å². The third-order valence-electron chi connectivity index (χ3n) is 4.72. The molecule has 6 heteroatoms. The monoisotopic (exact) mass is 375 g/mol. The molecule has 6 nitrogen and oxygen atoms in total. The summed E-state index contributed by atoms with van der Waals surface area (Å²) in [6, 6.07) is 10.8. The average Bonchev–Trinajstić information content (AvgIpc) is 2.69. The summed E-state index contributed by atoms with van der Waals surface area (Å²) < 4.78 is 0. The molecule has 1 unspecified atom stereocenters. The number of benzene rings is 1. The molecule has 0 heterocycles. The Bertz CT molecular complexity index is 581. The first kappa shape index (κ1) is 23.0. The Morgan fingerprint density at radius 1 is 1.11 bits per heavy atom. The molecule has 0 aliphatic carbocycles. The third kappa shape index (κ3) is 7.21. The molecule has 1 aromatic rings. The molecule has 0 radical (unpaired) electrons. The van der Waals surface area contributed by atoms with Crippen LogP contribution < -0.4 is 16.0 Å². The second kappa shape index (κ2) is 11.6. The lowest BCUT2D eigenvalue weighted by atomic mass is 9.93. The summed E-state index contributed by atoms with van der Waals surface area (Å²) in [5.41, 5.74) is 0.740. The van der Waals surface area contributed by atoms with Crippen LogP contribution in [0.25, 0.3) is 0 Å². The van der Waals surface area contributed by atoms with E-state index in [-0.39, 0.29) is 11.9 Å². The summed E-state index contributed by atoms with van der Waals surface area (Å²) in [4.78, 5) is 19.1. The van der Waals surface area contributed by atoms with E-state index in [1.54, 1.807) is 7.05 Å². The number of guanidine groups is 1. The molecule has 0 aliphatic rings. The van der Waals surface area contributed by atoms with Gasteiger partial charge in [-0.2, -0.15) is 0 Å². The molecule has 3 N–H and O–H groups in total. The van der Waals surface area contributed by atoms with Crippen molar-refractivity contribution in [1.82, 2.24) is 20.9 Å². The Hall–Kier alpha value is -2.08. The van der Waals surface area contributed by atoms with Crippen molar-refractivity contribution in [3.05, 3.63) is 35.9 Å². The van der Waals surface area contributed by atoms with Crippen molar-refractivity contribution in [3.63, 3.8) is 0 Å². The maximum atomic E-state index is 12.0. The first-order chi connectivity index (χ1) is 12.9. The molecule has 0 fully saturated rings. The van der Waals surface area contributed by atoms with Gasteiger partial charge in [0.25, 0.3) is 0 Å². The number of carbonyl (C=O) groups excluding carboxylic acids is 1. The van der Waals surface area contributed by atoms with Gasteiger partial charge < -0.3 is 16.0 Å². The van der Waals surface area contributed by atoms with E-state index in [1.165, 1.54) is 5.56 Å². The molecule has 1 rings (SSSR count). The zero-order valence-corrected chi connectivity index (χ0v) is 17.8. The van der Waals surface area contributed by atoms with E-state index in [0.717, 1.165) is 32.1 Å². The van der Waals surface area contributed by atoms with Gasteiger partial charge in [0.05, 0.1) is 18.0 Å². The fourth-order valence-corrected chi connectivity index (χ4v) is 3.02. The molecule has 152 valence electrons. The van der Waals surface area contributed by atoms with E-state index in [4.69, 9.17) is 0 Å². The highest BCUT2D eigenvalue weighted by Crippen LogP contribution is 2.19. The quantitative estimate of drug-likeness (QED) is 0.434. The minimum absolute atomic E-state index is 0.00704. The van der Waals surface area contributed by atoms with Gasteiger partial charge in [0, 0.05) is 20.1 Å². The largest absolute Gasteiger partial charge is 0.359 e. The molecule has 0 bridgehead atoms. The molecular formula is C21H37N5O. The summed E-state index contributed by atoms with van der Waals surface area (Å²) >= 11 is 0. The lowest BCUT2D eigenvalue weighted by molar-refractivity contribution is -0.128. The summed E-state index contributed by atoms with van der Waals surface area (Å²) in [7, 11) is 1.66. The Morgan fingerprint density at radius 2 is 1.74 bits per heavy atom. The number of likely N-dealkylation sites (N-methyl/N-ethyl adjacent to an activating group) is 1. The van der Waals surface area contributed by atoms with Crippen LogP contribution in [-0.4, -0.2) is 56.5 Å². The minimum Gasteiger partial charge on any atom is -0.359 e. The highest BCUT2D eigenvalue weighted by atomic mass is 16.2. The van der Waals surface area contributed by atoms with Gasteiger partial charge in [-0.25, -0.2) is 0 Å². The van der Waals surface area contributed by atoms with Gasteiger partial charge in [0.15, 0.2) is 5.96 Å². The number of hydrogen-bond acceptors (Lipinski definition) is 3. The Morgan fingerprint density at radius 3 is 2.26 bits per heavy atom. The number of amides is 1. The van der Waals surface area contributed by atoms with Crippen molar-refractivity contribution in [2.75, 3.05) is 39.8 Å². The van der Waals surface area contributed by atoms with Crippen LogP contribution in [0.3, 0.4) is 0 Å². The molecule has 0 saturated carbocycles. The number of nitrogens with zero attached hydrogens (tertiary/aromatic N) is 2. The number of carbonyl (C=O) groups is 1. The van der Waals surface area contributed by atoms with Gasteiger partial charge >= 0.3 is 0 Å². The van der Waals surface area contributed by atoms with Gasteiger partial charge in [-0.1, -0.05) is 44.2 Å². The van der Waals surface area contributed by atoms with Crippen LogP contribution in [0.1, 0.15) is 46.2 Å². The number of hydrogen-bond donors (Lipinski definition) is 3. The number of rotatable bonds is 10. The van der Waals surface area contributed by atoms with Gasteiger partial charge in [-0.15, -0.1) is 0 Å². The molecule has 1 amide bonds. The fraction of sp³-hybridized carbons (Fsp3) is 0.619. The Balaban J connectivity index is 2.90. The van der Waals surface area contributed by atoms with Crippen LogP contribution in [0.4, 0.5) is 0 Å². The molecule has 0 saturated heterocycles. The number of nitrogens with one attached hydrogen (secondary N) is 3. The van der Waals surface area contributed by atoms with Gasteiger partial charge in [0.2, 0.25) is 5.91 Å². The molecular weight excluding hydrogens is 338 g/mol. The Kier molecular flexibility index (Phi) is 9.86. The molecule has 27 heavy (non-hydrogen) atoms. The summed E-state index contributed by atoms with van der Waals surface area (Å²) in [6.07, 6.45) is 0. The summed E-state index contributed by atoms with van der Waals surface area (Å²) in [5.74, 6) is 0.731. The van der Waals surface area contributed by atoms with E-state index >= 15 is 0 Å². The highest BCUT2D eigenvalue weighted by Gasteiger charge is 2.26. The average molecular weight is 376 g/mol. The predicted octanol–water partition coefficient (Wildman–Crippen LogP) is 2.40. The topological polar surface area (TPSA) is 68.8 Å². The zero-order chi connectivity index (χ0) is 20.3. The molecule has 0 spiro atoms. The lowest BCUT2D eigenvalue weighted by Gasteiger charge is -2.31.